The number of halogens is 1. The Morgan fingerprint density at radius 1 is 1.06 bits per heavy atom. The van der Waals surface area contributed by atoms with Crippen LogP contribution in [0.25, 0.3) is 28.6 Å². The lowest BCUT2D eigenvalue weighted by Gasteiger charge is -2.15. The first-order valence-electron chi connectivity index (χ1n) is 10.6. The van der Waals surface area contributed by atoms with Gasteiger partial charge in [-0.15, -0.1) is 0 Å². The molecule has 0 saturated heterocycles. The van der Waals surface area contributed by atoms with Gasteiger partial charge in [0.2, 0.25) is 0 Å². The van der Waals surface area contributed by atoms with Gasteiger partial charge in [-0.25, -0.2) is 4.39 Å². The fraction of sp³-hybridized carbons (Fsp3) is 0.269. The average Bonchev–Trinajstić information content (AvgIpc) is 3.12. The monoisotopic (exact) mass is 436 g/mol. The number of aromatic nitrogens is 1. The van der Waals surface area contributed by atoms with E-state index in [1.54, 1.807) is 18.3 Å². The van der Waals surface area contributed by atoms with Crippen LogP contribution in [-0.2, 0) is 4.79 Å². The van der Waals surface area contributed by atoms with Crippen LogP contribution in [0.3, 0.4) is 0 Å². The number of carbonyl (C=O) groups is 1. The van der Waals surface area contributed by atoms with E-state index in [9.17, 15) is 24.5 Å². The topological polar surface area (TPSA) is 85.5 Å². The van der Waals surface area contributed by atoms with Crippen LogP contribution in [-0.4, -0.2) is 33.0 Å². The van der Waals surface area contributed by atoms with Gasteiger partial charge >= 0.3 is 0 Å². The van der Waals surface area contributed by atoms with E-state index in [0.717, 1.165) is 28.1 Å². The molecule has 2 N–H and O–H groups in total. The van der Waals surface area contributed by atoms with Crippen molar-refractivity contribution in [1.82, 2.24) is 4.57 Å². The summed E-state index contributed by atoms with van der Waals surface area (Å²) in [6.45, 7) is 4.12. The molecule has 0 aliphatic heterocycles. The van der Waals surface area contributed by atoms with Gasteiger partial charge in [-0.3, -0.25) is 0 Å². The predicted molar refractivity (Wildman–Crippen MR) is 121 cm³/mol. The molecule has 0 unspecified atom stereocenters. The Balaban J connectivity index is 2.07. The largest absolute Gasteiger partial charge is 0.550 e. The number of carboxylic acids is 1. The Kier molecular flexibility index (Phi) is 7.62. The van der Waals surface area contributed by atoms with Crippen molar-refractivity contribution < 1.29 is 24.5 Å². The Labute approximate surface area is 187 Å². The number of aliphatic carboxylic acids is 1. The van der Waals surface area contributed by atoms with E-state index in [2.05, 4.69) is 19.9 Å². The third-order valence-electron chi connectivity index (χ3n) is 5.23. The molecular formula is C26H27FNO4-. The molecule has 0 radical (unpaired) electrons. The standard InChI is InChI=1S/C26H28FNO4/c1-17(2)24-16-23(18-8-10-20(27)11-9-18)26(19-6-4-3-5-7-19)28(24)13-12-21(29)14-22(30)15-25(31)32/h3-13,16-17,21-22,29-30H,14-15H2,1-2H3,(H,31,32)/p-1/b13-12+/t21-,22-/m1/s1. The number of aliphatic hydroxyl groups is 2. The first kappa shape index (κ1) is 23.4. The number of hydrogen-bond donors (Lipinski definition) is 2. The molecule has 2 aromatic carbocycles. The molecule has 5 nitrogen and oxygen atoms in total. The molecule has 2 atom stereocenters. The zero-order chi connectivity index (χ0) is 23.3. The second kappa shape index (κ2) is 10.4. The van der Waals surface area contributed by atoms with Gasteiger partial charge in [0, 0.05) is 36.3 Å². The number of carboxylic acid groups (broad SMARTS) is 1. The van der Waals surface area contributed by atoms with Gasteiger partial charge in [-0.2, -0.15) is 0 Å². The molecule has 0 amide bonds. The van der Waals surface area contributed by atoms with Crippen molar-refractivity contribution in [3.05, 3.63) is 78.3 Å². The fourth-order valence-electron chi connectivity index (χ4n) is 3.71. The molecule has 168 valence electrons. The molecule has 0 saturated carbocycles. The van der Waals surface area contributed by atoms with Gasteiger partial charge < -0.3 is 24.7 Å². The maximum absolute atomic E-state index is 13.5. The molecule has 3 aromatic rings. The van der Waals surface area contributed by atoms with E-state index in [4.69, 9.17) is 0 Å². The van der Waals surface area contributed by atoms with E-state index < -0.39 is 24.6 Å². The third-order valence-corrected chi connectivity index (χ3v) is 5.23. The minimum atomic E-state index is -1.36. The Bertz CT molecular complexity index is 1070. The van der Waals surface area contributed by atoms with Crippen LogP contribution in [0.1, 0.15) is 38.3 Å². The Morgan fingerprint density at radius 3 is 2.31 bits per heavy atom. The van der Waals surface area contributed by atoms with Crippen LogP contribution in [0.5, 0.6) is 0 Å². The minimum absolute atomic E-state index is 0.117. The average molecular weight is 437 g/mol. The molecular weight excluding hydrogens is 409 g/mol. The normalized spacial score (nSPS) is 13.6. The lowest BCUT2D eigenvalue weighted by molar-refractivity contribution is -0.307. The summed E-state index contributed by atoms with van der Waals surface area (Å²) in [6, 6.07) is 18.1. The first-order chi connectivity index (χ1) is 15.3. The highest BCUT2D eigenvalue weighted by molar-refractivity contribution is 5.84. The van der Waals surface area contributed by atoms with E-state index in [-0.39, 0.29) is 18.2 Å². The van der Waals surface area contributed by atoms with Crippen molar-refractivity contribution in [1.29, 1.82) is 0 Å². The van der Waals surface area contributed by atoms with Crippen LogP contribution in [0.2, 0.25) is 0 Å². The molecule has 1 heterocycles. The third kappa shape index (κ3) is 5.72. The summed E-state index contributed by atoms with van der Waals surface area (Å²) in [7, 11) is 0. The van der Waals surface area contributed by atoms with Crippen molar-refractivity contribution in [3.63, 3.8) is 0 Å². The number of benzene rings is 2. The summed E-state index contributed by atoms with van der Waals surface area (Å²) in [5.41, 5.74) is 4.62. The highest BCUT2D eigenvalue weighted by atomic mass is 19.1. The van der Waals surface area contributed by atoms with E-state index in [1.807, 2.05) is 34.9 Å². The van der Waals surface area contributed by atoms with Gasteiger partial charge in [-0.05, 0) is 41.3 Å². The summed E-state index contributed by atoms with van der Waals surface area (Å²) in [6.07, 6.45) is 0.387. The van der Waals surface area contributed by atoms with Crippen LogP contribution in [0.4, 0.5) is 4.39 Å². The Hall–Kier alpha value is -3.22. The van der Waals surface area contributed by atoms with Gasteiger partial charge in [0.25, 0.3) is 0 Å². The SMILES string of the molecule is CC(C)c1cc(-c2ccc(F)cc2)c(-c2ccccc2)n1/C=C/[C@@H](O)C[C@@H](O)CC(=O)[O-]. The van der Waals surface area contributed by atoms with Crippen LogP contribution in [0, 0.1) is 5.82 Å². The predicted octanol–water partition coefficient (Wildman–Crippen LogP) is 3.81. The molecule has 0 spiro atoms. The van der Waals surface area contributed by atoms with Crippen molar-refractivity contribution >= 4 is 12.2 Å². The van der Waals surface area contributed by atoms with Crippen LogP contribution >= 0.6 is 0 Å². The highest BCUT2D eigenvalue weighted by Crippen LogP contribution is 2.38. The molecule has 0 bridgehead atoms. The van der Waals surface area contributed by atoms with E-state index in [0.29, 0.717) is 0 Å². The van der Waals surface area contributed by atoms with Crippen molar-refractivity contribution in [2.45, 2.75) is 44.8 Å². The molecule has 0 aliphatic rings. The number of carbonyl (C=O) groups excluding carboxylic acids is 1. The fourth-order valence-corrected chi connectivity index (χ4v) is 3.71. The van der Waals surface area contributed by atoms with Gasteiger partial charge in [0.05, 0.1) is 17.9 Å². The second-order valence-electron chi connectivity index (χ2n) is 8.10. The maximum Gasteiger partial charge on any atom is 0.123 e. The number of hydrogen-bond acceptors (Lipinski definition) is 4. The number of nitrogens with zero attached hydrogens (tertiary/aromatic N) is 1. The van der Waals surface area contributed by atoms with Crippen LogP contribution < -0.4 is 5.11 Å². The number of aliphatic hydroxyl groups excluding tert-OH is 2. The zero-order valence-corrected chi connectivity index (χ0v) is 18.1. The summed E-state index contributed by atoms with van der Waals surface area (Å²) < 4.78 is 15.5. The molecule has 6 heteroatoms. The Morgan fingerprint density at radius 2 is 1.72 bits per heavy atom. The van der Waals surface area contributed by atoms with Gasteiger partial charge in [-0.1, -0.05) is 56.3 Å². The van der Waals surface area contributed by atoms with Gasteiger partial charge in [0.15, 0.2) is 0 Å². The number of rotatable bonds is 9. The summed E-state index contributed by atoms with van der Waals surface area (Å²) in [5.74, 6) is -1.52. The quantitative estimate of drug-likeness (QED) is 0.534. The van der Waals surface area contributed by atoms with Crippen LogP contribution in [0.15, 0.2) is 66.7 Å². The smallest absolute Gasteiger partial charge is 0.123 e. The zero-order valence-electron chi connectivity index (χ0n) is 18.1. The molecule has 0 aliphatic carbocycles. The van der Waals surface area contributed by atoms with Crippen molar-refractivity contribution in [2.24, 2.45) is 0 Å². The van der Waals surface area contributed by atoms with E-state index >= 15 is 0 Å². The lowest BCUT2D eigenvalue weighted by atomic mass is 10.0. The van der Waals surface area contributed by atoms with Crippen molar-refractivity contribution in [3.8, 4) is 22.4 Å². The highest BCUT2D eigenvalue weighted by Gasteiger charge is 2.19. The van der Waals surface area contributed by atoms with Crippen molar-refractivity contribution in [2.75, 3.05) is 0 Å². The molecule has 1 aromatic heterocycles. The molecule has 3 rings (SSSR count). The van der Waals surface area contributed by atoms with E-state index in [1.165, 1.54) is 18.2 Å². The summed E-state index contributed by atoms with van der Waals surface area (Å²) in [5, 5.41) is 30.8. The summed E-state index contributed by atoms with van der Waals surface area (Å²) in [4.78, 5) is 10.7. The lowest BCUT2D eigenvalue weighted by Crippen LogP contribution is -2.29. The summed E-state index contributed by atoms with van der Waals surface area (Å²) >= 11 is 0. The van der Waals surface area contributed by atoms with Gasteiger partial charge in [0.1, 0.15) is 5.82 Å². The molecule has 32 heavy (non-hydrogen) atoms. The molecule has 0 fully saturated rings. The maximum atomic E-state index is 13.5. The first-order valence-corrected chi connectivity index (χ1v) is 10.6. The minimum Gasteiger partial charge on any atom is -0.550 e. The second-order valence-corrected chi connectivity index (χ2v) is 8.10.